The van der Waals surface area contributed by atoms with Gasteiger partial charge in [0.05, 0.1) is 5.92 Å². The van der Waals surface area contributed by atoms with E-state index in [4.69, 9.17) is 5.11 Å². The van der Waals surface area contributed by atoms with Gasteiger partial charge in [-0.2, -0.15) is 0 Å². The number of aliphatic carboxylic acids is 1. The normalized spacial score (nSPS) is 21.5. The fourth-order valence-corrected chi connectivity index (χ4v) is 1.64. The van der Waals surface area contributed by atoms with E-state index < -0.39 is 5.97 Å². The van der Waals surface area contributed by atoms with E-state index >= 15 is 0 Å². The van der Waals surface area contributed by atoms with Crippen molar-refractivity contribution in [3.63, 3.8) is 0 Å². The Morgan fingerprint density at radius 3 is 2.93 bits per heavy atom. The number of hydrogen-bond acceptors (Lipinski definition) is 5. The van der Waals surface area contributed by atoms with Crippen molar-refractivity contribution in [2.45, 2.75) is 6.42 Å². The first-order valence-electron chi connectivity index (χ1n) is 4.38. The highest BCUT2D eigenvalue weighted by Gasteiger charge is 2.30. The lowest BCUT2D eigenvalue weighted by molar-refractivity contribution is -0.140. The first-order valence-corrected chi connectivity index (χ1v) is 4.38. The number of aryl methyl sites for hydroxylation is 1. The van der Waals surface area contributed by atoms with Gasteiger partial charge in [-0.15, -0.1) is 0 Å². The summed E-state index contributed by atoms with van der Waals surface area (Å²) in [5.74, 6) is -0.414. The van der Waals surface area contributed by atoms with Gasteiger partial charge in [-0.05, 0) is 16.8 Å². The Bertz CT molecular complexity index is 350. The summed E-state index contributed by atoms with van der Waals surface area (Å²) in [7, 11) is 1.74. The van der Waals surface area contributed by atoms with Gasteiger partial charge in [0.15, 0.2) is 0 Å². The van der Waals surface area contributed by atoms with E-state index in [1.54, 1.807) is 11.7 Å². The largest absolute Gasteiger partial charge is 0.481 e. The smallest absolute Gasteiger partial charge is 0.308 e. The topological polar surface area (TPSA) is 84.1 Å². The molecule has 1 fully saturated rings. The van der Waals surface area contributed by atoms with Gasteiger partial charge in [0.25, 0.3) is 0 Å². The van der Waals surface area contributed by atoms with Crippen molar-refractivity contribution in [3.8, 4) is 0 Å². The highest BCUT2D eigenvalue weighted by atomic mass is 16.4. The number of anilines is 1. The molecule has 7 nitrogen and oxygen atoms in total. The summed E-state index contributed by atoms with van der Waals surface area (Å²) in [4.78, 5) is 12.6. The van der Waals surface area contributed by atoms with Crippen molar-refractivity contribution in [1.82, 2.24) is 20.2 Å². The van der Waals surface area contributed by atoms with Crippen LogP contribution in [0.1, 0.15) is 6.42 Å². The maximum absolute atomic E-state index is 10.7. The minimum absolute atomic E-state index is 0.299. The van der Waals surface area contributed by atoms with E-state index in [9.17, 15) is 4.79 Å². The minimum atomic E-state index is -0.748. The van der Waals surface area contributed by atoms with E-state index in [1.165, 1.54) is 0 Å². The Hall–Kier alpha value is -1.66. The van der Waals surface area contributed by atoms with Gasteiger partial charge >= 0.3 is 5.97 Å². The molecule has 0 aromatic carbocycles. The summed E-state index contributed by atoms with van der Waals surface area (Å²) in [6, 6.07) is 0. The molecule has 14 heavy (non-hydrogen) atoms. The lowest BCUT2D eigenvalue weighted by Gasteiger charge is -2.14. The van der Waals surface area contributed by atoms with Gasteiger partial charge in [-0.1, -0.05) is 5.10 Å². The molecule has 2 rings (SSSR count). The van der Waals surface area contributed by atoms with Crippen LogP contribution in [0.25, 0.3) is 0 Å². The number of nitrogens with zero attached hydrogens (tertiary/aromatic N) is 5. The predicted octanol–water partition coefficient (Wildman–Crippen LogP) is -0.879. The molecule has 76 valence electrons. The molecule has 1 N–H and O–H groups in total. The Labute approximate surface area is 80.3 Å². The van der Waals surface area contributed by atoms with Crippen molar-refractivity contribution < 1.29 is 9.90 Å². The van der Waals surface area contributed by atoms with Gasteiger partial charge in [-0.3, -0.25) is 4.79 Å². The fourth-order valence-electron chi connectivity index (χ4n) is 1.64. The molecule has 0 radical (unpaired) electrons. The molecule has 1 aromatic heterocycles. The summed E-state index contributed by atoms with van der Waals surface area (Å²) in [5.41, 5.74) is 0. The molecule has 0 aliphatic carbocycles. The Morgan fingerprint density at radius 1 is 1.64 bits per heavy atom. The van der Waals surface area contributed by atoms with Gasteiger partial charge in [0, 0.05) is 20.1 Å². The number of rotatable bonds is 2. The molecule has 2 heterocycles. The molecule has 1 saturated heterocycles. The van der Waals surface area contributed by atoms with Crippen LogP contribution in [0.15, 0.2) is 0 Å². The van der Waals surface area contributed by atoms with Crippen molar-refractivity contribution in [2.75, 3.05) is 18.0 Å². The molecule has 1 aliphatic rings. The Kier molecular flexibility index (Phi) is 2.06. The van der Waals surface area contributed by atoms with Crippen LogP contribution in [0.3, 0.4) is 0 Å². The summed E-state index contributed by atoms with van der Waals surface area (Å²) in [6.45, 7) is 1.19. The molecular weight excluding hydrogens is 186 g/mol. The van der Waals surface area contributed by atoms with Crippen molar-refractivity contribution >= 4 is 11.9 Å². The van der Waals surface area contributed by atoms with Gasteiger partial charge in [0.1, 0.15) is 0 Å². The van der Waals surface area contributed by atoms with E-state index in [1.807, 2.05) is 4.90 Å². The molecule has 0 bridgehead atoms. The SMILES string of the molecule is Cn1nnnc1N1CCC(C(=O)O)C1. The van der Waals surface area contributed by atoms with Gasteiger partial charge in [-0.25, -0.2) is 4.68 Å². The maximum Gasteiger partial charge on any atom is 0.308 e. The molecule has 0 spiro atoms. The van der Waals surface area contributed by atoms with E-state index in [0.29, 0.717) is 25.5 Å². The van der Waals surface area contributed by atoms with Crippen molar-refractivity contribution in [3.05, 3.63) is 0 Å². The number of carboxylic acids is 1. The highest BCUT2D eigenvalue weighted by Crippen LogP contribution is 2.20. The maximum atomic E-state index is 10.7. The zero-order chi connectivity index (χ0) is 10.1. The average molecular weight is 197 g/mol. The lowest BCUT2D eigenvalue weighted by atomic mass is 10.1. The molecule has 1 unspecified atom stereocenters. The molecule has 7 heteroatoms. The monoisotopic (exact) mass is 197 g/mol. The molecule has 1 aromatic rings. The standard InChI is InChI=1S/C7H11N5O2/c1-11-7(8-9-10-11)12-3-2-5(4-12)6(13)14/h5H,2-4H2,1H3,(H,13,14). The van der Waals surface area contributed by atoms with Crippen LogP contribution < -0.4 is 4.90 Å². The van der Waals surface area contributed by atoms with Gasteiger partial charge in [0.2, 0.25) is 5.95 Å². The fraction of sp³-hybridized carbons (Fsp3) is 0.714. The second kappa shape index (κ2) is 3.24. The van der Waals surface area contributed by atoms with Crippen LogP contribution in [-0.4, -0.2) is 44.4 Å². The van der Waals surface area contributed by atoms with E-state index in [-0.39, 0.29) is 5.92 Å². The molecule has 0 amide bonds. The molecule has 1 aliphatic heterocycles. The molecule has 0 saturated carbocycles. The van der Waals surface area contributed by atoms with Crippen LogP contribution >= 0.6 is 0 Å². The van der Waals surface area contributed by atoms with Crippen LogP contribution in [0.5, 0.6) is 0 Å². The Balaban J connectivity index is 2.10. The first-order chi connectivity index (χ1) is 6.68. The third-order valence-electron chi connectivity index (χ3n) is 2.42. The lowest BCUT2D eigenvalue weighted by Crippen LogP contribution is -2.25. The number of hydrogen-bond donors (Lipinski definition) is 1. The van der Waals surface area contributed by atoms with E-state index in [0.717, 1.165) is 0 Å². The quantitative estimate of drug-likeness (QED) is 0.662. The first kappa shape index (κ1) is 8.92. The Morgan fingerprint density at radius 2 is 2.43 bits per heavy atom. The second-order valence-electron chi connectivity index (χ2n) is 3.37. The highest BCUT2D eigenvalue weighted by molar-refractivity contribution is 5.71. The average Bonchev–Trinajstić information content (AvgIpc) is 2.71. The predicted molar refractivity (Wildman–Crippen MR) is 46.8 cm³/mol. The number of tetrazole rings is 1. The van der Waals surface area contributed by atoms with Crippen LogP contribution in [-0.2, 0) is 11.8 Å². The van der Waals surface area contributed by atoms with Crippen LogP contribution in [0, 0.1) is 5.92 Å². The van der Waals surface area contributed by atoms with Crippen LogP contribution in [0.4, 0.5) is 5.95 Å². The number of carboxylic acid groups (broad SMARTS) is 1. The summed E-state index contributed by atoms with van der Waals surface area (Å²) in [5, 5.41) is 19.8. The van der Waals surface area contributed by atoms with Gasteiger partial charge < -0.3 is 10.0 Å². The third-order valence-corrected chi connectivity index (χ3v) is 2.42. The third kappa shape index (κ3) is 1.40. The summed E-state index contributed by atoms with van der Waals surface area (Å²) >= 11 is 0. The molecule has 1 atom stereocenters. The zero-order valence-electron chi connectivity index (χ0n) is 7.79. The van der Waals surface area contributed by atoms with Crippen molar-refractivity contribution in [1.29, 1.82) is 0 Å². The summed E-state index contributed by atoms with van der Waals surface area (Å²) < 4.78 is 1.55. The molecular formula is C7H11N5O2. The van der Waals surface area contributed by atoms with Crippen LogP contribution in [0.2, 0.25) is 0 Å². The number of aromatic nitrogens is 4. The minimum Gasteiger partial charge on any atom is -0.481 e. The second-order valence-corrected chi connectivity index (χ2v) is 3.37. The van der Waals surface area contributed by atoms with Crippen molar-refractivity contribution in [2.24, 2.45) is 13.0 Å². The zero-order valence-corrected chi connectivity index (χ0v) is 7.79. The van der Waals surface area contributed by atoms with E-state index in [2.05, 4.69) is 15.5 Å². The number of carbonyl (C=O) groups is 1. The summed E-state index contributed by atoms with van der Waals surface area (Å²) in [6.07, 6.45) is 0.655.